The molecule has 0 bridgehead atoms. The third-order valence-electron chi connectivity index (χ3n) is 2.98. The normalized spacial score (nSPS) is 12.9. The zero-order valence-corrected chi connectivity index (χ0v) is 13.1. The number of rotatable bonds is 6. The van der Waals surface area contributed by atoms with Gasteiger partial charge in [0, 0.05) is 11.6 Å². The first-order chi connectivity index (χ1) is 9.25. The lowest BCUT2D eigenvalue weighted by molar-refractivity contribution is 0.0899. The van der Waals surface area contributed by atoms with Gasteiger partial charge in [0.1, 0.15) is 5.75 Å². The highest BCUT2D eigenvalue weighted by atomic mass is 35.5. The first-order valence-electron chi connectivity index (χ1n) is 6.55. The van der Waals surface area contributed by atoms with E-state index in [1.807, 2.05) is 13.8 Å². The molecule has 1 unspecified atom stereocenters. The highest BCUT2D eigenvalue weighted by Crippen LogP contribution is 2.24. The molecule has 4 nitrogen and oxygen atoms in total. The second-order valence-corrected chi connectivity index (χ2v) is 6.18. The largest absolute Gasteiger partial charge is 0.496 e. The molecule has 1 amide bonds. The maximum atomic E-state index is 12.2. The maximum Gasteiger partial charge on any atom is 0.255 e. The second kappa shape index (κ2) is 6.95. The summed E-state index contributed by atoms with van der Waals surface area (Å²) >= 11 is 5.91. The number of aliphatic hydroxyl groups excluding tert-OH is 1. The van der Waals surface area contributed by atoms with Gasteiger partial charge in [0.25, 0.3) is 5.91 Å². The molecule has 1 rings (SSSR count). The van der Waals surface area contributed by atoms with Crippen LogP contribution in [0.25, 0.3) is 0 Å². The number of aliphatic hydroxyl groups is 1. The zero-order valence-electron chi connectivity index (χ0n) is 12.4. The topological polar surface area (TPSA) is 58.6 Å². The van der Waals surface area contributed by atoms with Gasteiger partial charge in [-0.3, -0.25) is 4.79 Å². The van der Waals surface area contributed by atoms with Crippen molar-refractivity contribution in [2.24, 2.45) is 5.41 Å². The van der Waals surface area contributed by atoms with Crippen LogP contribution in [0.4, 0.5) is 0 Å². The smallest absolute Gasteiger partial charge is 0.255 e. The number of hydrogen-bond acceptors (Lipinski definition) is 3. The minimum Gasteiger partial charge on any atom is -0.496 e. The van der Waals surface area contributed by atoms with E-state index in [0.29, 0.717) is 29.3 Å². The average molecular weight is 300 g/mol. The summed E-state index contributed by atoms with van der Waals surface area (Å²) in [5.41, 5.74) is 0.225. The van der Waals surface area contributed by atoms with Crippen molar-refractivity contribution in [2.45, 2.75) is 33.3 Å². The van der Waals surface area contributed by atoms with Gasteiger partial charge < -0.3 is 15.2 Å². The lowest BCUT2D eigenvalue weighted by Crippen LogP contribution is -2.35. The molecule has 1 atom stereocenters. The summed E-state index contributed by atoms with van der Waals surface area (Å²) in [5.74, 6) is 0.253. The second-order valence-electron chi connectivity index (χ2n) is 5.74. The van der Waals surface area contributed by atoms with Crippen LogP contribution in [0.1, 0.15) is 37.6 Å². The highest BCUT2D eigenvalue weighted by Gasteiger charge is 2.22. The van der Waals surface area contributed by atoms with Crippen LogP contribution in [0.3, 0.4) is 0 Å². The van der Waals surface area contributed by atoms with Crippen LogP contribution in [0.2, 0.25) is 5.02 Å². The van der Waals surface area contributed by atoms with E-state index in [-0.39, 0.29) is 11.3 Å². The average Bonchev–Trinajstić information content (AvgIpc) is 2.34. The standard InChI is InChI=1S/C15H22ClNO3/c1-10(18)8-15(2,3)9-17-14(19)12-7-11(16)5-6-13(12)20-4/h5-7,10,18H,8-9H2,1-4H3,(H,17,19). The fourth-order valence-corrected chi connectivity index (χ4v) is 2.32. The van der Waals surface area contributed by atoms with Crippen LogP contribution in [-0.2, 0) is 0 Å². The van der Waals surface area contributed by atoms with E-state index in [9.17, 15) is 9.90 Å². The third-order valence-corrected chi connectivity index (χ3v) is 3.22. The Labute approximate surface area is 125 Å². The Balaban J connectivity index is 2.74. The van der Waals surface area contributed by atoms with Crippen LogP contribution in [0, 0.1) is 5.41 Å². The van der Waals surface area contributed by atoms with Crippen LogP contribution >= 0.6 is 11.6 Å². The number of hydrogen-bond donors (Lipinski definition) is 2. The number of nitrogens with one attached hydrogen (secondary N) is 1. The Hall–Kier alpha value is -1.26. The summed E-state index contributed by atoms with van der Waals surface area (Å²) in [5, 5.41) is 12.8. The van der Waals surface area contributed by atoms with E-state index in [4.69, 9.17) is 16.3 Å². The minimum absolute atomic E-state index is 0.185. The van der Waals surface area contributed by atoms with Gasteiger partial charge in [0.05, 0.1) is 18.8 Å². The predicted octanol–water partition coefficient (Wildman–Crippen LogP) is 2.88. The van der Waals surface area contributed by atoms with Crippen molar-refractivity contribution in [3.63, 3.8) is 0 Å². The van der Waals surface area contributed by atoms with Gasteiger partial charge in [0.15, 0.2) is 0 Å². The van der Waals surface area contributed by atoms with E-state index < -0.39 is 6.10 Å². The number of ether oxygens (including phenoxy) is 1. The number of carbonyl (C=O) groups excluding carboxylic acids is 1. The lowest BCUT2D eigenvalue weighted by atomic mass is 9.87. The molecule has 1 aromatic rings. The molecule has 0 aliphatic heterocycles. The molecule has 0 saturated carbocycles. The van der Waals surface area contributed by atoms with E-state index in [0.717, 1.165) is 0 Å². The van der Waals surface area contributed by atoms with Gasteiger partial charge in [0.2, 0.25) is 0 Å². The first kappa shape index (κ1) is 16.8. The lowest BCUT2D eigenvalue weighted by Gasteiger charge is -2.26. The van der Waals surface area contributed by atoms with Crippen LogP contribution in [0.5, 0.6) is 5.75 Å². The van der Waals surface area contributed by atoms with Crippen molar-refractivity contribution in [2.75, 3.05) is 13.7 Å². The fraction of sp³-hybridized carbons (Fsp3) is 0.533. The predicted molar refractivity (Wildman–Crippen MR) is 80.4 cm³/mol. The van der Waals surface area contributed by atoms with Crippen LogP contribution < -0.4 is 10.1 Å². The maximum absolute atomic E-state index is 12.2. The van der Waals surface area contributed by atoms with Crippen molar-refractivity contribution >= 4 is 17.5 Å². The quantitative estimate of drug-likeness (QED) is 0.849. The highest BCUT2D eigenvalue weighted by molar-refractivity contribution is 6.31. The molecule has 0 fully saturated rings. The Bertz CT molecular complexity index is 472. The summed E-state index contributed by atoms with van der Waals surface area (Å²) in [6.45, 7) is 6.19. The van der Waals surface area contributed by atoms with Crippen molar-refractivity contribution in [3.05, 3.63) is 28.8 Å². The van der Waals surface area contributed by atoms with Gasteiger partial charge in [-0.2, -0.15) is 0 Å². The van der Waals surface area contributed by atoms with E-state index in [2.05, 4.69) is 5.32 Å². The summed E-state index contributed by atoms with van der Waals surface area (Å²) in [6.07, 6.45) is 0.211. The molecule has 0 spiro atoms. The molecule has 0 heterocycles. The SMILES string of the molecule is COc1ccc(Cl)cc1C(=O)NCC(C)(C)CC(C)O. The third kappa shape index (κ3) is 5.02. The van der Waals surface area contributed by atoms with Gasteiger partial charge in [-0.05, 0) is 37.0 Å². The molecule has 112 valence electrons. The van der Waals surface area contributed by atoms with Crippen LogP contribution in [-0.4, -0.2) is 30.8 Å². The summed E-state index contributed by atoms with van der Waals surface area (Å²) in [6, 6.07) is 4.92. The number of halogens is 1. The summed E-state index contributed by atoms with van der Waals surface area (Å²) in [4.78, 5) is 12.2. The molecule has 5 heteroatoms. The number of benzene rings is 1. The molecule has 2 N–H and O–H groups in total. The Morgan fingerprint density at radius 1 is 1.50 bits per heavy atom. The van der Waals surface area contributed by atoms with E-state index >= 15 is 0 Å². The van der Waals surface area contributed by atoms with Crippen molar-refractivity contribution in [1.29, 1.82) is 0 Å². The van der Waals surface area contributed by atoms with E-state index in [1.165, 1.54) is 7.11 Å². The Morgan fingerprint density at radius 2 is 2.15 bits per heavy atom. The van der Waals surface area contributed by atoms with Gasteiger partial charge >= 0.3 is 0 Å². The van der Waals surface area contributed by atoms with Gasteiger partial charge in [-0.15, -0.1) is 0 Å². The Morgan fingerprint density at radius 3 is 2.70 bits per heavy atom. The fourth-order valence-electron chi connectivity index (χ4n) is 2.14. The van der Waals surface area contributed by atoms with Crippen molar-refractivity contribution < 1.29 is 14.6 Å². The first-order valence-corrected chi connectivity index (χ1v) is 6.93. The summed E-state index contributed by atoms with van der Waals surface area (Å²) in [7, 11) is 1.51. The number of amides is 1. The zero-order chi connectivity index (χ0) is 15.3. The molecule has 0 radical (unpaired) electrons. The van der Waals surface area contributed by atoms with Crippen LogP contribution in [0.15, 0.2) is 18.2 Å². The molecule has 0 aliphatic carbocycles. The number of methoxy groups -OCH3 is 1. The van der Waals surface area contributed by atoms with Gasteiger partial charge in [-0.25, -0.2) is 0 Å². The Kier molecular flexibility index (Phi) is 5.84. The minimum atomic E-state index is -0.400. The van der Waals surface area contributed by atoms with Crippen molar-refractivity contribution in [1.82, 2.24) is 5.32 Å². The molecule has 0 aliphatic rings. The van der Waals surface area contributed by atoms with Crippen molar-refractivity contribution in [3.8, 4) is 5.75 Å². The van der Waals surface area contributed by atoms with Gasteiger partial charge in [-0.1, -0.05) is 25.4 Å². The molecule has 0 aromatic heterocycles. The summed E-state index contributed by atoms with van der Waals surface area (Å²) < 4.78 is 5.16. The molecule has 1 aromatic carbocycles. The molecular formula is C15H22ClNO3. The molecular weight excluding hydrogens is 278 g/mol. The number of carbonyl (C=O) groups is 1. The van der Waals surface area contributed by atoms with E-state index in [1.54, 1.807) is 25.1 Å². The monoisotopic (exact) mass is 299 g/mol. The molecule has 0 saturated heterocycles. The molecule has 20 heavy (non-hydrogen) atoms.